The number of benzene rings is 2. The van der Waals surface area contributed by atoms with Gasteiger partial charge in [0.2, 0.25) is 0 Å². The Labute approximate surface area is 212 Å². The number of nitrogens with one attached hydrogen (secondary N) is 1. The van der Waals surface area contributed by atoms with Crippen LogP contribution in [0.15, 0.2) is 75.6 Å². The molecule has 0 unspecified atom stereocenters. The highest BCUT2D eigenvalue weighted by atomic mass is 32.1. The number of aromatic amines is 1. The lowest BCUT2D eigenvalue weighted by Gasteiger charge is -2.32. The lowest BCUT2D eigenvalue weighted by molar-refractivity contribution is 0.176. The van der Waals surface area contributed by atoms with Crippen LogP contribution in [0.1, 0.15) is 23.5 Å². The topological polar surface area (TPSA) is 75.9 Å². The van der Waals surface area contributed by atoms with E-state index in [9.17, 15) is 9.59 Å². The van der Waals surface area contributed by atoms with Crippen molar-refractivity contribution in [2.24, 2.45) is 5.92 Å². The molecule has 2 aromatic carbocycles. The van der Waals surface area contributed by atoms with E-state index in [4.69, 9.17) is 4.98 Å². The van der Waals surface area contributed by atoms with Gasteiger partial charge in [-0.2, -0.15) is 0 Å². The number of thiophene rings is 1. The summed E-state index contributed by atoms with van der Waals surface area (Å²) in [6, 6.07) is 19.9. The molecular formula is C28H29N5O2S. The number of fused-ring (bicyclic) bond motifs is 2. The molecule has 0 atom stereocenters. The first-order valence-corrected chi connectivity index (χ1v) is 13.4. The number of aromatic nitrogens is 4. The summed E-state index contributed by atoms with van der Waals surface area (Å²) in [5.74, 6) is 1.74. The first kappa shape index (κ1) is 22.9. The molecule has 5 aromatic rings. The molecule has 8 heteroatoms. The van der Waals surface area contributed by atoms with E-state index in [1.165, 1.54) is 15.0 Å². The number of H-pyrrole nitrogens is 1. The van der Waals surface area contributed by atoms with Crippen LogP contribution in [0.25, 0.3) is 21.9 Å². The Kier molecular flexibility index (Phi) is 6.29. The van der Waals surface area contributed by atoms with Crippen molar-refractivity contribution in [1.82, 2.24) is 24.0 Å². The predicted octanol–water partition coefficient (Wildman–Crippen LogP) is 4.10. The Morgan fingerprint density at radius 2 is 1.72 bits per heavy atom. The van der Waals surface area contributed by atoms with E-state index in [-0.39, 0.29) is 11.2 Å². The van der Waals surface area contributed by atoms with Gasteiger partial charge in [-0.3, -0.25) is 9.36 Å². The van der Waals surface area contributed by atoms with Crippen LogP contribution in [-0.2, 0) is 19.5 Å². The van der Waals surface area contributed by atoms with Crippen LogP contribution in [0.3, 0.4) is 0 Å². The molecule has 0 saturated carbocycles. The van der Waals surface area contributed by atoms with E-state index in [1.807, 2.05) is 12.1 Å². The quantitative estimate of drug-likeness (QED) is 0.366. The van der Waals surface area contributed by atoms with Crippen LogP contribution >= 0.6 is 11.3 Å². The molecule has 1 aliphatic heterocycles. The lowest BCUT2D eigenvalue weighted by atomic mass is 9.93. The fraction of sp³-hybridized carbons (Fsp3) is 0.321. The van der Waals surface area contributed by atoms with E-state index >= 15 is 0 Å². The SMILES string of the molecule is O=c1[nH]c2ccccc2c(=O)n1CCN1CCC(Cc2nc3ccccc3n2Cc2cccs2)CC1. The second-order valence-electron chi connectivity index (χ2n) is 9.60. The molecule has 0 radical (unpaired) electrons. The molecule has 1 saturated heterocycles. The smallest absolute Gasteiger partial charge is 0.323 e. The number of nitrogens with zero attached hydrogens (tertiary/aromatic N) is 4. The summed E-state index contributed by atoms with van der Waals surface area (Å²) in [5.41, 5.74) is 2.30. The number of para-hydroxylation sites is 3. The number of likely N-dealkylation sites (tertiary alicyclic amines) is 1. The summed E-state index contributed by atoms with van der Waals surface area (Å²) in [7, 11) is 0. The number of hydrogen-bond donors (Lipinski definition) is 1. The van der Waals surface area contributed by atoms with Gasteiger partial charge >= 0.3 is 5.69 Å². The summed E-state index contributed by atoms with van der Waals surface area (Å²) in [6.07, 6.45) is 3.15. The second-order valence-corrected chi connectivity index (χ2v) is 10.6. The van der Waals surface area contributed by atoms with Crippen molar-refractivity contribution in [3.63, 3.8) is 0 Å². The predicted molar refractivity (Wildman–Crippen MR) is 145 cm³/mol. The average molecular weight is 500 g/mol. The molecule has 36 heavy (non-hydrogen) atoms. The zero-order valence-corrected chi connectivity index (χ0v) is 20.9. The van der Waals surface area contributed by atoms with Crippen molar-refractivity contribution >= 4 is 33.3 Å². The monoisotopic (exact) mass is 499 g/mol. The van der Waals surface area contributed by atoms with Crippen LogP contribution in [0.5, 0.6) is 0 Å². The van der Waals surface area contributed by atoms with Crippen molar-refractivity contribution < 1.29 is 0 Å². The Morgan fingerprint density at radius 3 is 2.56 bits per heavy atom. The van der Waals surface area contributed by atoms with Gasteiger partial charge in [-0.15, -0.1) is 11.3 Å². The maximum absolute atomic E-state index is 12.8. The molecule has 7 nitrogen and oxygen atoms in total. The van der Waals surface area contributed by atoms with Crippen LogP contribution in [0.2, 0.25) is 0 Å². The maximum atomic E-state index is 12.8. The number of rotatable bonds is 7. The van der Waals surface area contributed by atoms with Crippen molar-refractivity contribution in [2.75, 3.05) is 19.6 Å². The molecule has 0 amide bonds. The second kappa shape index (κ2) is 9.87. The molecule has 0 aliphatic carbocycles. The molecule has 0 spiro atoms. The molecule has 1 fully saturated rings. The van der Waals surface area contributed by atoms with Crippen LogP contribution in [0.4, 0.5) is 0 Å². The highest BCUT2D eigenvalue weighted by Crippen LogP contribution is 2.25. The third-order valence-electron chi connectivity index (χ3n) is 7.34. The standard InChI is InChI=1S/C28H29N5O2S/c34-27-22-7-1-2-8-23(22)30-28(35)32(27)16-15-31-13-11-20(12-14-31)18-26-29-24-9-3-4-10-25(24)33(26)19-21-6-5-17-36-21/h1-10,17,20H,11-16,18-19H2,(H,30,35). The zero-order valence-electron chi connectivity index (χ0n) is 20.1. The summed E-state index contributed by atoms with van der Waals surface area (Å²) in [6.45, 7) is 3.90. The van der Waals surface area contributed by atoms with Gasteiger partial charge in [0.25, 0.3) is 5.56 Å². The van der Waals surface area contributed by atoms with Crippen LogP contribution in [0, 0.1) is 5.92 Å². The minimum absolute atomic E-state index is 0.214. The van der Waals surface area contributed by atoms with E-state index in [1.54, 1.807) is 23.5 Å². The summed E-state index contributed by atoms with van der Waals surface area (Å²) in [4.78, 5) is 36.8. The van der Waals surface area contributed by atoms with Gasteiger partial charge in [-0.25, -0.2) is 9.78 Å². The van der Waals surface area contributed by atoms with Gasteiger partial charge in [-0.05, 0) is 67.6 Å². The molecule has 184 valence electrons. The largest absolute Gasteiger partial charge is 0.328 e. The Balaban J connectivity index is 1.11. The third kappa shape index (κ3) is 4.54. The maximum Gasteiger partial charge on any atom is 0.328 e. The molecule has 1 N–H and O–H groups in total. The molecule has 0 bridgehead atoms. The van der Waals surface area contributed by atoms with Gasteiger partial charge in [0.05, 0.1) is 28.5 Å². The van der Waals surface area contributed by atoms with Crippen LogP contribution < -0.4 is 11.2 Å². The van der Waals surface area contributed by atoms with Gasteiger partial charge in [-0.1, -0.05) is 30.3 Å². The third-order valence-corrected chi connectivity index (χ3v) is 8.20. The molecule has 4 heterocycles. The first-order valence-electron chi connectivity index (χ1n) is 12.6. The summed E-state index contributed by atoms with van der Waals surface area (Å²) in [5, 5.41) is 2.69. The van der Waals surface area contributed by atoms with Gasteiger partial charge in [0.15, 0.2) is 0 Å². The highest BCUT2D eigenvalue weighted by Gasteiger charge is 2.22. The molecular weight excluding hydrogens is 470 g/mol. The van der Waals surface area contributed by atoms with Gasteiger partial charge < -0.3 is 14.5 Å². The van der Waals surface area contributed by atoms with Crippen LogP contribution in [-0.4, -0.2) is 43.6 Å². The van der Waals surface area contributed by atoms with Crippen molar-refractivity contribution in [1.29, 1.82) is 0 Å². The number of piperidine rings is 1. The summed E-state index contributed by atoms with van der Waals surface area (Å²) < 4.78 is 3.72. The highest BCUT2D eigenvalue weighted by molar-refractivity contribution is 7.09. The normalized spacial score (nSPS) is 15.2. The van der Waals surface area contributed by atoms with Crippen molar-refractivity contribution in [3.05, 3.63) is 97.6 Å². The first-order chi connectivity index (χ1) is 17.7. The van der Waals surface area contributed by atoms with E-state index in [2.05, 4.69) is 56.2 Å². The minimum atomic E-state index is -0.335. The minimum Gasteiger partial charge on any atom is -0.323 e. The fourth-order valence-electron chi connectivity index (χ4n) is 5.33. The fourth-order valence-corrected chi connectivity index (χ4v) is 6.02. The number of hydrogen-bond acceptors (Lipinski definition) is 5. The average Bonchev–Trinajstić information content (AvgIpc) is 3.53. The van der Waals surface area contributed by atoms with Crippen molar-refractivity contribution in [3.8, 4) is 0 Å². The molecule has 3 aromatic heterocycles. The Bertz CT molecular complexity index is 1610. The van der Waals surface area contributed by atoms with Gasteiger partial charge in [0, 0.05) is 24.4 Å². The number of imidazole rings is 1. The molecule has 6 rings (SSSR count). The van der Waals surface area contributed by atoms with E-state index < -0.39 is 0 Å². The van der Waals surface area contributed by atoms with Gasteiger partial charge in [0.1, 0.15) is 5.82 Å². The van der Waals surface area contributed by atoms with E-state index in [0.29, 0.717) is 29.9 Å². The van der Waals surface area contributed by atoms with E-state index in [0.717, 1.165) is 50.2 Å². The Hall–Kier alpha value is -3.49. The zero-order chi connectivity index (χ0) is 24.5. The molecule has 1 aliphatic rings. The Morgan fingerprint density at radius 1 is 0.917 bits per heavy atom. The van der Waals surface area contributed by atoms with Crippen molar-refractivity contribution in [2.45, 2.75) is 32.4 Å². The lowest BCUT2D eigenvalue weighted by Crippen LogP contribution is -2.41. The summed E-state index contributed by atoms with van der Waals surface area (Å²) >= 11 is 1.79.